The summed E-state index contributed by atoms with van der Waals surface area (Å²) in [6, 6.07) is 7.10. The Hall–Kier alpha value is -4.22. The third-order valence-corrected chi connectivity index (χ3v) is 5.90. The molecule has 1 aliphatic heterocycles. The van der Waals surface area contributed by atoms with Crippen molar-refractivity contribution in [1.29, 1.82) is 0 Å². The van der Waals surface area contributed by atoms with Crippen LogP contribution in [0.1, 0.15) is 34.3 Å². The molecule has 0 aromatic carbocycles. The number of pyridine rings is 2. The van der Waals surface area contributed by atoms with Gasteiger partial charge in [0.25, 0.3) is 5.89 Å². The molecule has 0 fully saturated rings. The van der Waals surface area contributed by atoms with Gasteiger partial charge in [0.2, 0.25) is 0 Å². The number of halogens is 3. The van der Waals surface area contributed by atoms with Crippen LogP contribution in [0.25, 0.3) is 17.1 Å². The second kappa shape index (κ2) is 7.40. The highest BCUT2D eigenvalue weighted by molar-refractivity contribution is 5.59. The highest BCUT2D eigenvalue weighted by Crippen LogP contribution is 2.39. The lowest BCUT2D eigenvalue weighted by Crippen LogP contribution is -2.36. The van der Waals surface area contributed by atoms with Crippen LogP contribution in [0, 0.1) is 6.92 Å². The van der Waals surface area contributed by atoms with Crippen LogP contribution in [0.3, 0.4) is 0 Å². The number of hydrogen-bond donors (Lipinski definition) is 1. The van der Waals surface area contributed by atoms with Crippen LogP contribution in [0.5, 0.6) is 0 Å². The lowest BCUT2D eigenvalue weighted by Gasteiger charge is -2.32. The Labute approximate surface area is 190 Å². The largest absolute Gasteiger partial charge is 0.418 e. The number of nitrogens with zero attached hydrogens (tertiary/aromatic N) is 7. The molecule has 6 rings (SSSR count). The van der Waals surface area contributed by atoms with Crippen LogP contribution >= 0.6 is 0 Å². The Morgan fingerprint density at radius 2 is 2.03 bits per heavy atom. The first kappa shape index (κ1) is 20.4. The van der Waals surface area contributed by atoms with Crippen molar-refractivity contribution in [1.82, 2.24) is 34.8 Å². The summed E-state index contributed by atoms with van der Waals surface area (Å²) < 4.78 is 48.0. The van der Waals surface area contributed by atoms with E-state index in [1.54, 1.807) is 12.5 Å². The fourth-order valence-corrected chi connectivity index (χ4v) is 4.33. The van der Waals surface area contributed by atoms with Crippen LogP contribution in [-0.4, -0.2) is 41.3 Å². The molecule has 0 saturated heterocycles. The second-order valence-corrected chi connectivity index (χ2v) is 7.99. The molecule has 0 radical (unpaired) electrons. The minimum atomic E-state index is -4.51. The highest BCUT2D eigenvalue weighted by atomic mass is 19.4. The van der Waals surface area contributed by atoms with Gasteiger partial charge < -0.3 is 14.3 Å². The number of aryl methyl sites for hydroxylation is 1. The lowest BCUT2D eigenvalue weighted by atomic mass is 10.00. The smallest absolute Gasteiger partial charge is 0.402 e. The molecule has 0 amide bonds. The molecule has 12 heteroatoms. The standard InChI is InChI=1S/C22H17F3N8O/c1-12-4-2-7-26-17(12)20-29-30-21(34-20)32-9-6-14-18(28-11-27-14)19(32)15-10-16-13(22(23,24)25)5-3-8-33(16)31-15/h2-5,7-8,10-11,19H,6,9H2,1H3,(H,27,28)/t19-/m0/s1. The van der Waals surface area contributed by atoms with E-state index in [2.05, 4.69) is 30.2 Å². The molecule has 5 aromatic heterocycles. The Bertz CT molecular complexity index is 1500. The average Bonchev–Trinajstić information content (AvgIpc) is 3.56. The fraction of sp³-hybridized carbons (Fsp3) is 0.227. The molecule has 1 N–H and O–H groups in total. The van der Waals surface area contributed by atoms with Gasteiger partial charge in [0.15, 0.2) is 0 Å². The van der Waals surface area contributed by atoms with Gasteiger partial charge in [-0.05, 0) is 36.8 Å². The zero-order chi connectivity index (χ0) is 23.4. The quantitative estimate of drug-likeness (QED) is 0.429. The maximum Gasteiger partial charge on any atom is 0.418 e. The van der Waals surface area contributed by atoms with Gasteiger partial charge in [-0.3, -0.25) is 4.98 Å². The van der Waals surface area contributed by atoms with Crippen LogP contribution in [0.4, 0.5) is 19.2 Å². The molecule has 0 saturated carbocycles. The van der Waals surface area contributed by atoms with Crippen molar-refractivity contribution in [2.45, 2.75) is 25.6 Å². The van der Waals surface area contributed by atoms with Crippen molar-refractivity contribution in [2.24, 2.45) is 0 Å². The summed E-state index contributed by atoms with van der Waals surface area (Å²) in [5.74, 6) is 0.258. The van der Waals surface area contributed by atoms with Crippen molar-refractivity contribution in [3.05, 3.63) is 77.3 Å². The molecule has 6 heterocycles. The fourth-order valence-electron chi connectivity index (χ4n) is 4.33. The van der Waals surface area contributed by atoms with E-state index in [1.165, 1.54) is 22.8 Å². The van der Waals surface area contributed by atoms with Gasteiger partial charge in [-0.2, -0.15) is 18.3 Å². The summed E-state index contributed by atoms with van der Waals surface area (Å²) in [5, 5.41) is 12.8. The maximum atomic E-state index is 13.6. The van der Waals surface area contributed by atoms with E-state index in [0.717, 1.165) is 17.3 Å². The molecule has 0 aliphatic carbocycles. The monoisotopic (exact) mass is 466 g/mol. The van der Waals surface area contributed by atoms with Gasteiger partial charge in [0.1, 0.15) is 11.7 Å². The van der Waals surface area contributed by atoms with Crippen molar-refractivity contribution in [2.75, 3.05) is 11.4 Å². The third kappa shape index (κ3) is 3.21. The molecular weight excluding hydrogens is 449 g/mol. The van der Waals surface area contributed by atoms with E-state index in [4.69, 9.17) is 4.42 Å². The number of alkyl halides is 3. The predicted octanol–water partition coefficient (Wildman–Crippen LogP) is 3.98. The Kier molecular flexibility index (Phi) is 4.44. The minimum absolute atomic E-state index is 0.0389. The topological polar surface area (TPSA) is 101 Å². The SMILES string of the molecule is Cc1cccnc1-c1nnc(N2CCc3[nH]cnc3[C@@H]2c2cc3c(C(F)(F)F)cccn3n2)o1. The first-order valence-corrected chi connectivity index (χ1v) is 10.5. The first-order valence-electron chi connectivity index (χ1n) is 10.5. The first-order chi connectivity index (χ1) is 16.4. The third-order valence-electron chi connectivity index (χ3n) is 5.90. The van der Waals surface area contributed by atoms with Crippen LogP contribution < -0.4 is 4.90 Å². The van der Waals surface area contributed by atoms with Crippen molar-refractivity contribution >= 4 is 11.5 Å². The molecule has 172 valence electrons. The molecule has 34 heavy (non-hydrogen) atoms. The van der Waals surface area contributed by atoms with Crippen LogP contribution in [-0.2, 0) is 12.6 Å². The van der Waals surface area contributed by atoms with E-state index in [9.17, 15) is 13.2 Å². The van der Waals surface area contributed by atoms with E-state index >= 15 is 0 Å². The molecule has 9 nitrogen and oxygen atoms in total. The average molecular weight is 466 g/mol. The van der Waals surface area contributed by atoms with E-state index in [1.807, 2.05) is 24.0 Å². The van der Waals surface area contributed by atoms with Crippen molar-refractivity contribution in [3.8, 4) is 11.6 Å². The van der Waals surface area contributed by atoms with Gasteiger partial charge in [0.05, 0.1) is 28.8 Å². The van der Waals surface area contributed by atoms with Gasteiger partial charge in [-0.15, -0.1) is 5.10 Å². The predicted molar refractivity (Wildman–Crippen MR) is 114 cm³/mol. The summed E-state index contributed by atoms with van der Waals surface area (Å²) in [5.41, 5.74) is 2.57. The Morgan fingerprint density at radius 3 is 2.85 bits per heavy atom. The number of aromatic amines is 1. The molecular formula is C22H17F3N8O. The van der Waals surface area contributed by atoms with Crippen LogP contribution in [0.2, 0.25) is 0 Å². The van der Waals surface area contributed by atoms with Gasteiger partial charge >= 0.3 is 12.2 Å². The summed E-state index contributed by atoms with van der Waals surface area (Å²) in [7, 11) is 0. The Balaban J connectivity index is 1.47. The second-order valence-electron chi connectivity index (χ2n) is 7.99. The van der Waals surface area contributed by atoms with Gasteiger partial charge in [-0.1, -0.05) is 11.2 Å². The highest BCUT2D eigenvalue weighted by Gasteiger charge is 2.38. The molecule has 0 unspecified atom stereocenters. The summed E-state index contributed by atoms with van der Waals surface area (Å²) in [4.78, 5) is 13.7. The number of anilines is 1. The normalized spacial score (nSPS) is 16.2. The zero-order valence-electron chi connectivity index (χ0n) is 17.8. The summed E-state index contributed by atoms with van der Waals surface area (Å²) >= 11 is 0. The number of H-pyrrole nitrogens is 1. The Morgan fingerprint density at radius 1 is 1.15 bits per heavy atom. The zero-order valence-corrected chi connectivity index (χ0v) is 17.8. The number of imidazole rings is 1. The minimum Gasteiger partial charge on any atom is -0.402 e. The van der Waals surface area contributed by atoms with Crippen molar-refractivity contribution < 1.29 is 17.6 Å². The summed E-state index contributed by atoms with van der Waals surface area (Å²) in [6.07, 6.45) is 0.801. The number of rotatable bonds is 3. The van der Waals surface area contributed by atoms with E-state index in [0.29, 0.717) is 30.0 Å². The van der Waals surface area contributed by atoms with E-state index in [-0.39, 0.29) is 17.4 Å². The lowest BCUT2D eigenvalue weighted by molar-refractivity contribution is -0.136. The number of aromatic nitrogens is 7. The molecule has 1 atom stereocenters. The van der Waals surface area contributed by atoms with Gasteiger partial charge in [-0.25, -0.2) is 9.50 Å². The number of hydrogen-bond acceptors (Lipinski definition) is 7. The molecule has 0 bridgehead atoms. The van der Waals surface area contributed by atoms with Crippen LogP contribution in [0.15, 0.2) is 53.5 Å². The molecule has 5 aromatic rings. The maximum absolute atomic E-state index is 13.6. The number of nitrogens with one attached hydrogen (secondary N) is 1. The number of fused-ring (bicyclic) bond motifs is 2. The van der Waals surface area contributed by atoms with E-state index < -0.39 is 17.8 Å². The van der Waals surface area contributed by atoms with Gasteiger partial charge in [0, 0.05) is 31.1 Å². The van der Waals surface area contributed by atoms with Crippen molar-refractivity contribution in [3.63, 3.8) is 0 Å². The molecule has 1 aliphatic rings. The summed E-state index contributed by atoms with van der Waals surface area (Å²) in [6.45, 7) is 2.36. The molecule has 0 spiro atoms.